The number of aliphatic hydroxyl groups is 2. The number of ketones is 2. The Bertz CT molecular complexity index is 1370. The van der Waals surface area contributed by atoms with Crippen molar-refractivity contribution in [3.8, 4) is 0 Å². The first-order valence-corrected chi connectivity index (χ1v) is 14.9. The summed E-state index contributed by atoms with van der Waals surface area (Å²) in [6.45, 7) is 11.6. The van der Waals surface area contributed by atoms with Gasteiger partial charge in [-0.25, -0.2) is 14.4 Å². The summed E-state index contributed by atoms with van der Waals surface area (Å²) in [5, 5.41) is 23.6. The summed E-state index contributed by atoms with van der Waals surface area (Å²) in [4.78, 5) is 66.3. The van der Waals surface area contributed by atoms with E-state index in [-0.39, 0.29) is 43.4 Å². The molecule has 12 nitrogen and oxygen atoms in total. The van der Waals surface area contributed by atoms with E-state index in [1.165, 1.54) is 6.08 Å². The second-order valence-corrected chi connectivity index (χ2v) is 14.4. The molecule has 0 aromatic carbocycles. The van der Waals surface area contributed by atoms with E-state index < -0.39 is 81.9 Å². The number of methoxy groups -OCH3 is 1. The van der Waals surface area contributed by atoms with E-state index in [2.05, 4.69) is 0 Å². The molecule has 44 heavy (non-hydrogen) atoms. The van der Waals surface area contributed by atoms with Crippen LogP contribution in [0.5, 0.6) is 0 Å². The number of fused-ring (bicyclic) bond motifs is 2. The number of allylic oxidation sites excluding steroid dienone is 3. The zero-order chi connectivity index (χ0) is 32.7. The second-order valence-electron chi connectivity index (χ2n) is 14.4. The summed E-state index contributed by atoms with van der Waals surface area (Å²) < 4.78 is 28.6. The van der Waals surface area contributed by atoms with Crippen LogP contribution >= 0.6 is 0 Å². The Hall–Kier alpha value is -3.09. The van der Waals surface area contributed by atoms with Crippen LogP contribution in [0.1, 0.15) is 61.3 Å². The fraction of sp³-hybridized carbons (Fsp3) is 0.719. The molecule has 0 aromatic heterocycles. The van der Waals surface area contributed by atoms with E-state index in [0.717, 1.165) is 7.11 Å². The molecule has 10 atom stereocenters. The molecule has 4 fully saturated rings. The average Bonchev–Trinajstić information content (AvgIpc) is 3.22. The van der Waals surface area contributed by atoms with Gasteiger partial charge >= 0.3 is 17.9 Å². The maximum absolute atomic E-state index is 13.7. The highest BCUT2D eigenvalue weighted by Gasteiger charge is 2.85. The lowest BCUT2D eigenvalue weighted by Crippen LogP contribution is -2.79. The van der Waals surface area contributed by atoms with Gasteiger partial charge in [-0.3, -0.25) is 9.59 Å². The summed E-state index contributed by atoms with van der Waals surface area (Å²) in [5.74, 6) is -6.01. The maximum Gasteiger partial charge on any atom is 0.348 e. The van der Waals surface area contributed by atoms with E-state index in [1.807, 2.05) is 6.92 Å². The first-order chi connectivity index (χ1) is 20.4. The topological polar surface area (TPSA) is 172 Å². The summed E-state index contributed by atoms with van der Waals surface area (Å²) in [5.41, 5.74) is -4.14. The number of Topliss-reactive ketones (excluding diaryl/α,β-unsaturated/α-hetero) is 2. The minimum atomic E-state index is -2.24. The van der Waals surface area contributed by atoms with Crippen molar-refractivity contribution in [1.82, 2.24) is 0 Å². The summed E-state index contributed by atoms with van der Waals surface area (Å²) in [6.07, 6.45) is -4.88. The maximum atomic E-state index is 13.7. The van der Waals surface area contributed by atoms with Gasteiger partial charge in [-0.15, -0.1) is 0 Å². The first kappa shape index (κ1) is 32.3. The van der Waals surface area contributed by atoms with Gasteiger partial charge in [0.25, 0.3) is 0 Å². The number of ether oxygens (including phenoxy) is 5. The highest BCUT2D eigenvalue weighted by atomic mass is 16.6. The largest absolute Gasteiger partial charge is 0.482 e. The van der Waals surface area contributed by atoms with E-state index in [1.54, 1.807) is 41.5 Å². The molecule has 0 radical (unpaired) electrons. The molecule has 5 aliphatic rings. The van der Waals surface area contributed by atoms with Crippen LogP contribution in [0, 0.1) is 34.0 Å². The van der Waals surface area contributed by atoms with Crippen molar-refractivity contribution in [2.24, 2.45) is 34.0 Å². The summed E-state index contributed by atoms with van der Waals surface area (Å²) in [6, 6.07) is 0. The molecule has 2 saturated heterocycles. The predicted molar refractivity (Wildman–Crippen MR) is 150 cm³/mol. The Labute approximate surface area is 256 Å². The predicted octanol–water partition coefficient (Wildman–Crippen LogP) is 1.59. The van der Waals surface area contributed by atoms with Crippen molar-refractivity contribution < 1.29 is 57.9 Å². The quantitative estimate of drug-likeness (QED) is 0.251. The number of esters is 3. The van der Waals surface area contributed by atoms with Crippen LogP contribution in [0.15, 0.2) is 23.0 Å². The molecular weight excluding hydrogens is 576 g/mol. The Morgan fingerprint density at radius 2 is 1.77 bits per heavy atom. The van der Waals surface area contributed by atoms with Gasteiger partial charge in [-0.05, 0) is 44.1 Å². The molecule has 242 valence electrons. The summed E-state index contributed by atoms with van der Waals surface area (Å²) in [7, 11) is 1.09. The fourth-order valence-corrected chi connectivity index (χ4v) is 8.79. The Balaban J connectivity index is 1.64. The van der Waals surface area contributed by atoms with E-state index in [9.17, 15) is 34.2 Å². The smallest absolute Gasteiger partial charge is 0.348 e. The Morgan fingerprint density at radius 1 is 1.11 bits per heavy atom. The van der Waals surface area contributed by atoms with Crippen molar-refractivity contribution in [3.63, 3.8) is 0 Å². The zero-order valence-corrected chi connectivity index (χ0v) is 26.4. The third-order valence-electron chi connectivity index (χ3n) is 10.6. The van der Waals surface area contributed by atoms with Gasteiger partial charge in [-0.1, -0.05) is 33.3 Å². The molecule has 2 aliphatic heterocycles. The number of carbonyl (C=O) groups is 5. The highest BCUT2D eigenvalue weighted by Crippen LogP contribution is 2.72. The highest BCUT2D eigenvalue weighted by molar-refractivity contribution is 5.97. The molecule has 1 spiro atoms. The lowest BCUT2D eigenvalue weighted by atomic mass is 9.38. The first-order valence-electron chi connectivity index (χ1n) is 14.9. The number of rotatable bonds is 6. The van der Waals surface area contributed by atoms with Crippen LogP contribution in [-0.4, -0.2) is 90.0 Å². The zero-order valence-electron chi connectivity index (χ0n) is 26.4. The molecule has 0 aromatic rings. The number of aliphatic hydroxyl groups excluding tert-OH is 2. The Morgan fingerprint density at radius 3 is 2.36 bits per heavy atom. The lowest BCUT2D eigenvalue weighted by molar-refractivity contribution is -0.290. The molecule has 0 amide bonds. The molecule has 3 aliphatic carbocycles. The summed E-state index contributed by atoms with van der Waals surface area (Å²) >= 11 is 0. The van der Waals surface area contributed by atoms with Crippen LogP contribution in [0.2, 0.25) is 0 Å². The minimum absolute atomic E-state index is 0.0608. The molecule has 0 unspecified atom stereocenters. The van der Waals surface area contributed by atoms with E-state index >= 15 is 0 Å². The van der Waals surface area contributed by atoms with Gasteiger partial charge in [0.2, 0.25) is 11.7 Å². The van der Waals surface area contributed by atoms with Gasteiger partial charge in [0.05, 0.1) is 25.7 Å². The van der Waals surface area contributed by atoms with Crippen LogP contribution in [0.25, 0.3) is 0 Å². The van der Waals surface area contributed by atoms with Gasteiger partial charge in [-0.2, -0.15) is 0 Å². The number of hydrogen-bond donors (Lipinski definition) is 2. The monoisotopic (exact) mass is 618 g/mol. The molecular formula is C32H42O12. The van der Waals surface area contributed by atoms with Crippen LogP contribution < -0.4 is 0 Å². The standard InChI is InChI=1S/C32H42O12/c1-14(2)9-20(35)44-23-25-31-13-42-32(25,28(39)40-8)26(37)21(36)24(31)30(7)11-17(33)22(41-12-18(34)29(4,5)6)15(3)16(30)10-19(31)43-27(23)38/h9,16,19,21,23-26,36-37H,10-13H2,1-8H3/t16-,19+,21+,23+,24+,25+,26-,30-,31+,32-/m0/s1. The van der Waals surface area contributed by atoms with Crippen LogP contribution in [0.3, 0.4) is 0 Å². The minimum Gasteiger partial charge on any atom is -0.482 e. The molecule has 2 saturated carbocycles. The second kappa shape index (κ2) is 10.5. The number of carbonyl (C=O) groups excluding carboxylic acids is 5. The molecule has 2 bridgehead atoms. The molecule has 12 heteroatoms. The number of hydrogen-bond acceptors (Lipinski definition) is 12. The van der Waals surface area contributed by atoms with Crippen molar-refractivity contribution in [3.05, 3.63) is 23.0 Å². The van der Waals surface area contributed by atoms with Gasteiger partial charge in [0.15, 0.2) is 17.3 Å². The third-order valence-corrected chi connectivity index (χ3v) is 10.6. The van der Waals surface area contributed by atoms with E-state index in [0.29, 0.717) is 11.1 Å². The molecule has 5 rings (SSSR count). The van der Waals surface area contributed by atoms with Gasteiger partial charge in [0, 0.05) is 29.2 Å². The van der Waals surface area contributed by atoms with Crippen LogP contribution in [0.4, 0.5) is 0 Å². The van der Waals surface area contributed by atoms with Crippen molar-refractivity contribution in [1.29, 1.82) is 0 Å². The van der Waals surface area contributed by atoms with Crippen LogP contribution in [-0.2, 0) is 47.7 Å². The molecule has 2 N–H and O–H groups in total. The molecule has 2 heterocycles. The fourth-order valence-electron chi connectivity index (χ4n) is 8.79. The van der Waals surface area contributed by atoms with Gasteiger partial charge < -0.3 is 33.9 Å². The van der Waals surface area contributed by atoms with E-state index in [4.69, 9.17) is 23.7 Å². The van der Waals surface area contributed by atoms with Crippen molar-refractivity contribution in [2.45, 2.75) is 91.3 Å². The SMILES string of the molecule is COC(=O)[C@@]12OC[C@]34[C@H]([C@@H](O)[C@@H]1O)[C@@]1(C)CC(=O)C(OCC(=O)C(C)(C)C)=C(C)[C@@H]1C[C@H]3OC(=O)[C@H](OC(=O)C=C(C)C)[C@@H]24. The third kappa shape index (κ3) is 4.31. The van der Waals surface area contributed by atoms with Crippen molar-refractivity contribution in [2.75, 3.05) is 20.3 Å². The van der Waals surface area contributed by atoms with Crippen molar-refractivity contribution >= 4 is 29.5 Å². The van der Waals surface area contributed by atoms with Gasteiger partial charge in [0.1, 0.15) is 18.8 Å². The normalized spacial score (nSPS) is 40.7. The Kier molecular flexibility index (Phi) is 7.70. The lowest BCUT2D eigenvalue weighted by Gasteiger charge is -2.67. The average molecular weight is 619 g/mol.